The molecule has 3 rings (SSSR count). The number of nitrogens with one attached hydrogen (secondary N) is 2. The van der Waals surface area contributed by atoms with Gasteiger partial charge in [-0.05, 0) is 19.8 Å². The molecule has 0 atom stereocenters. The lowest BCUT2D eigenvalue weighted by atomic mass is 9.82. The van der Waals surface area contributed by atoms with Crippen LogP contribution in [0, 0.1) is 0 Å². The second-order valence-corrected chi connectivity index (χ2v) is 7.44. The van der Waals surface area contributed by atoms with E-state index in [2.05, 4.69) is 15.6 Å². The second kappa shape index (κ2) is 8.03. The molecule has 2 aliphatic rings. The molecule has 2 N–H and O–H groups in total. The Morgan fingerprint density at radius 3 is 2.78 bits per heavy atom. The van der Waals surface area contributed by atoms with Crippen LogP contribution in [0.5, 0.6) is 0 Å². The number of anilines is 1. The van der Waals surface area contributed by atoms with E-state index in [9.17, 15) is 19.2 Å². The van der Waals surface area contributed by atoms with Crippen LogP contribution in [0.4, 0.5) is 9.93 Å². The van der Waals surface area contributed by atoms with Crippen molar-refractivity contribution in [3.05, 3.63) is 11.1 Å². The Morgan fingerprint density at radius 2 is 2.07 bits per heavy atom. The van der Waals surface area contributed by atoms with E-state index in [1.54, 1.807) is 6.92 Å². The van der Waals surface area contributed by atoms with Gasteiger partial charge in [0.2, 0.25) is 5.91 Å². The van der Waals surface area contributed by atoms with Crippen molar-refractivity contribution in [2.24, 2.45) is 0 Å². The molecule has 2 heterocycles. The Balaban J connectivity index is 1.52. The largest absolute Gasteiger partial charge is 0.461 e. The third kappa shape index (κ3) is 4.10. The van der Waals surface area contributed by atoms with Gasteiger partial charge < -0.3 is 15.4 Å². The normalized spacial score (nSPS) is 18.5. The van der Waals surface area contributed by atoms with Crippen molar-refractivity contribution in [3.8, 4) is 0 Å². The lowest BCUT2D eigenvalue weighted by Gasteiger charge is -2.30. The first-order valence-electron chi connectivity index (χ1n) is 9.02. The summed E-state index contributed by atoms with van der Waals surface area (Å²) in [7, 11) is 0. The molecule has 0 radical (unpaired) electrons. The number of hydrogen-bond acceptors (Lipinski definition) is 7. The summed E-state index contributed by atoms with van der Waals surface area (Å²) in [6.07, 6.45) is 4.14. The molecule has 0 aromatic carbocycles. The van der Waals surface area contributed by atoms with E-state index in [1.165, 1.54) is 5.38 Å². The predicted molar refractivity (Wildman–Crippen MR) is 97.4 cm³/mol. The average molecular weight is 394 g/mol. The Morgan fingerprint density at radius 1 is 1.33 bits per heavy atom. The smallest absolute Gasteiger partial charge is 0.357 e. The minimum atomic E-state index is -0.782. The first-order valence-corrected chi connectivity index (χ1v) is 9.90. The highest BCUT2D eigenvalue weighted by Gasteiger charge is 2.51. The number of hydrogen-bond donors (Lipinski definition) is 2. The maximum absolute atomic E-state index is 12.7. The maximum atomic E-state index is 12.7. The molecule has 27 heavy (non-hydrogen) atoms. The number of aromatic nitrogens is 1. The predicted octanol–water partition coefficient (Wildman–Crippen LogP) is 1.90. The molecule has 4 amide bonds. The molecule has 146 valence electrons. The van der Waals surface area contributed by atoms with Gasteiger partial charge in [-0.25, -0.2) is 14.6 Å². The van der Waals surface area contributed by atoms with Crippen molar-refractivity contribution in [2.75, 3.05) is 18.5 Å². The average Bonchev–Trinajstić information content (AvgIpc) is 3.18. The van der Waals surface area contributed by atoms with E-state index in [0.29, 0.717) is 12.8 Å². The van der Waals surface area contributed by atoms with Crippen molar-refractivity contribution in [3.63, 3.8) is 0 Å². The first-order chi connectivity index (χ1) is 12.9. The number of rotatable bonds is 6. The molecule has 1 aliphatic heterocycles. The van der Waals surface area contributed by atoms with Crippen LogP contribution in [-0.2, 0) is 14.3 Å². The van der Waals surface area contributed by atoms with Gasteiger partial charge in [0.1, 0.15) is 5.54 Å². The zero-order chi connectivity index (χ0) is 19.4. The van der Waals surface area contributed by atoms with Crippen LogP contribution in [0.3, 0.4) is 0 Å². The van der Waals surface area contributed by atoms with Gasteiger partial charge in [-0.15, -0.1) is 11.3 Å². The van der Waals surface area contributed by atoms with E-state index >= 15 is 0 Å². The molecule has 0 bridgehead atoms. The highest BCUT2D eigenvalue weighted by Crippen LogP contribution is 2.33. The van der Waals surface area contributed by atoms with Gasteiger partial charge in [-0.2, -0.15) is 0 Å². The van der Waals surface area contributed by atoms with Gasteiger partial charge >= 0.3 is 12.0 Å². The molecule has 2 fully saturated rings. The molecule has 0 unspecified atom stereocenters. The Bertz CT molecular complexity index is 756. The van der Waals surface area contributed by atoms with E-state index in [-0.39, 0.29) is 42.2 Å². The standard InChI is InChI=1S/C17H22N4O5S/c1-2-26-13(23)11-10-27-15(18-11)19-12(22)6-9-21-14(24)17(20-16(21)25)7-4-3-5-8-17/h10H,2-9H2,1H3,(H,20,25)(H,18,19,22). The van der Waals surface area contributed by atoms with Gasteiger partial charge in [-0.3, -0.25) is 14.5 Å². The summed E-state index contributed by atoms with van der Waals surface area (Å²) in [6, 6.07) is -0.437. The summed E-state index contributed by atoms with van der Waals surface area (Å²) in [4.78, 5) is 53.7. The van der Waals surface area contributed by atoms with Crippen LogP contribution < -0.4 is 10.6 Å². The van der Waals surface area contributed by atoms with Gasteiger partial charge in [0.25, 0.3) is 5.91 Å². The molecule has 9 nitrogen and oxygen atoms in total. The minimum Gasteiger partial charge on any atom is -0.461 e. The molecular weight excluding hydrogens is 372 g/mol. The number of nitrogens with zero attached hydrogens (tertiary/aromatic N) is 2. The van der Waals surface area contributed by atoms with E-state index in [4.69, 9.17) is 4.74 Å². The van der Waals surface area contributed by atoms with E-state index < -0.39 is 17.5 Å². The molecular formula is C17H22N4O5S. The summed E-state index contributed by atoms with van der Waals surface area (Å²) in [5.41, 5.74) is -0.652. The molecule has 1 aromatic heterocycles. The lowest BCUT2D eigenvalue weighted by molar-refractivity contribution is -0.132. The summed E-state index contributed by atoms with van der Waals surface area (Å²) < 4.78 is 4.84. The van der Waals surface area contributed by atoms with Crippen molar-refractivity contribution >= 4 is 40.3 Å². The lowest BCUT2D eigenvalue weighted by Crippen LogP contribution is -2.48. The molecule has 1 aliphatic carbocycles. The zero-order valence-electron chi connectivity index (χ0n) is 15.1. The van der Waals surface area contributed by atoms with Crippen molar-refractivity contribution in [1.29, 1.82) is 0 Å². The van der Waals surface area contributed by atoms with Crippen LogP contribution in [-0.4, -0.2) is 52.4 Å². The Labute approximate surface area is 160 Å². The highest BCUT2D eigenvalue weighted by atomic mass is 32.1. The first kappa shape index (κ1) is 19.3. The van der Waals surface area contributed by atoms with Gasteiger partial charge in [0.15, 0.2) is 10.8 Å². The summed E-state index contributed by atoms with van der Waals surface area (Å²) in [6.45, 7) is 1.94. The third-order valence-electron chi connectivity index (χ3n) is 4.75. The summed E-state index contributed by atoms with van der Waals surface area (Å²) in [5.74, 6) is -1.17. The van der Waals surface area contributed by atoms with Crippen LogP contribution in [0.25, 0.3) is 0 Å². The Hall–Kier alpha value is -2.49. The molecule has 1 spiro atoms. The number of amides is 4. The van der Waals surface area contributed by atoms with Crippen LogP contribution in [0.1, 0.15) is 55.9 Å². The number of esters is 1. The number of thiazole rings is 1. The van der Waals surface area contributed by atoms with Crippen LogP contribution in [0.2, 0.25) is 0 Å². The molecule has 1 saturated heterocycles. The zero-order valence-corrected chi connectivity index (χ0v) is 15.9. The monoisotopic (exact) mass is 394 g/mol. The number of ether oxygens (including phenoxy) is 1. The molecule has 1 saturated carbocycles. The SMILES string of the molecule is CCOC(=O)c1csc(NC(=O)CCN2C(=O)NC3(CCCCC3)C2=O)n1. The number of imide groups is 1. The van der Waals surface area contributed by atoms with Crippen LogP contribution >= 0.6 is 11.3 Å². The molecule has 10 heteroatoms. The third-order valence-corrected chi connectivity index (χ3v) is 5.51. The highest BCUT2D eigenvalue weighted by molar-refractivity contribution is 7.14. The minimum absolute atomic E-state index is 0.00829. The quantitative estimate of drug-likeness (QED) is 0.562. The van der Waals surface area contributed by atoms with E-state index in [1.807, 2.05) is 0 Å². The Kier molecular flexibility index (Phi) is 5.73. The molecule has 1 aromatic rings. The number of carbonyl (C=O) groups excluding carboxylic acids is 4. The fourth-order valence-electron chi connectivity index (χ4n) is 3.40. The van der Waals surface area contributed by atoms with Crippen molar-refractivity contribution in [2.45, 2.75) is 51.0 Å². The summed E-state index contributed by atoms with van der Waals surface area (Å²) >= 11 is 1.11. The van der Waals surface area contributed by atoms with Crippen molar-refractivity contribution < 1.29 is 23.9 Å². The second-order valence-electron chi connectivity index (χ2n) is 6.59. The van der Waals surface area contributed by atoms with Crippen molar-refractivity contribution in [1.82, 2.24) is 15.2 Å². The summed E-state index contributed by atoms with van der Waals surface area (Å²) in [5, 5.41) is 7.15. The van der Waals surface area contributed by atoms with Gasteiger partial charge in [-0.1, -0.05) is 19.3 Å². The van der Waals surface area contributed by atoms with E-state index in [0.717, 1.165) is 35.5 Å². The van der Waals surface area contributed by atoms with Gasteiger partial charge in [0.05, 0.1) is 6.61 Å². The van der Waals surface area contributed by atoms with Crippen LogP contribution in [0.15, 0.2) is 5.38 Å². The number of urea groups is 1. The fourth-order valence-corrected chi connectivity index (χ4v) is 4.09. The number of carbonyl (C=O) groups is 4. The maximum Gasteiger partial charge on any atom is 0.357 e. The fraction of sp³-hybridized carbons (Fsp3) is 0.588. The van der Waals surface area contributed by atoms with Gasteiger partial charge in [0, 0.05) is 18.3 Å². The topological polar surface area (TPSA) is 118 Å².